The van der Waals surface area contributed by atoms with Crippen LogP contribution >= 0.6 is 24.8 Å². The number of fused-ring (bicyclic) bond motifs is 1. The summed E-state index contributed by atoms with van der Waals surface area (Å²) < 4.78 is 1.82. The number of aryl methyl sites for hydroxylation is 1. The average molecular weight is 386 g/mol. The second-order valence-electron chi connectivity index (χ2n) is 5.86. The van der Waals surface area contributed by atoms with Gasteiger partial charge in [0.05, 0.1) is 12.7 Å². The second-order valence-corrected chi connectivity index (χ2v) is 5.86. The molecule has 0 atom stereocenters. The minimum absolute atomic E-state index is 0. The van der Waals surface area contributed by atoms with E-state index < -0.39 is 0 Å². The van der Waals surface area contributed by atoms with Gasteiger partial charge in [0, 0.05) is 30.5 Å². The lowest BCUT2D eigenvalue weighted by Crippen LogP contribution is -2.37. The highest BCUT2D eigenvalue weighted by Gasteiger charge is 2.20. The summed E-state index contributed by atoms with van der Waals surface area (Å²) in [5.74, 6) is 0.722. The SMILES string of the molecule is CCCn1nccc1NC(=O)CN1CCCc2c(N)cccc21.Cl.Cl. The predicted octanol–water partition coefficient (Wildman–Crippen LogP) is 3.11. The first-order valence-corrected chi connectivity index (χ1v) is 8.13. The number of amides is 1. The monoisotopic (exact) mass is 385 g/mol. The van der Waals surface area contributed by atoms with Crippen molar-refractivity contribution < 1.29 is 4.79 Å². The summed E-state index contributed by atoms with van der Waals surface area (Å²) in [5, 5.41) is 7.18. The van der Waals surface area contributed by atoms with Crippen LogP contribution in [-0.4, -0.2) is 28.8 Å². The minimum Gasteiger partial charge on any atom is -0.398 e. The number of anilines is 3. The highest BCUT2D eigenvalue weighted by molar-refractivity contribution is 5.93. The summed E-state index contributed by atoms with van der Waals surface area (Å²) in [6.07, 6.45) is 4.68. The molecule has 0 saturated heterocycles. The van der Waals surface area contributed by atoms with Crippen LogP contribution in [-0.2, 0) is 17.8 Å². The molecule has 0 aliphatic carbocycles. The summed E-state index contributed by atoms with van der Waals surface area (Å²) in [6, 6.07) is 7.74. The van der Waals surface area contributed by atoms with E-state index in [4.69, 9.17) is 5.73 Å². The third kappa shape index (κ3) is 4.80. The van der Waals surface area contributed by atoms with Crippen molar-refractivity contribution in [1.29, 1.82) is 0 Å². The summed E-state index contributed by atoms with van der Waals surface area (Å²) in [7, 11) is 0. The third-order valence-electron chi connectivity index (χ3n) is 4.14. The van der Waals surface area contributed by atoms with Crippen LogP contribution in [0.1, 0.15) is 25.3 Å². The normalized spacial score (nSPS) is 12.6. The first-order chi connectivity index (χ1) is 11.2. The van der Waals surface area contributed by atoms with E-state index in [-0.39, 0.29) is 30.7 Å². The van der Waals surface area contributed by atoms with Gasteiger partial charge in [-0.2, -0.15) is 5.10 Å². The van der Waals surface area contributed by atoms with Gasteiger partial charge in [0.1, 0.15) is 5.82 Å². The standard InChI is InChI=1S/C17H23N5O.2ClH/c1-2-10-22-16(8-9-19-22)20-17(23)12-21-11-4-5-13-14(18)6-3-7-15(13)21;;/h3,6-9H,2,4-5,10-12,18H2,1H3,(H,20,23);2*1H. The quantitative estimate of drug-likeness (QED) is 0.775. The lowest BCUT2D eigenvalue weighted by atomic mass is 10.00. The number of nitrogens with zero attached hydrogens (tertiary/aromatic N) is 3. The number of nitrogens with one attached hydrogen (secondary N) is 1. The summed E-state index contributed by atoms with van der Waals surface area (Å²) in [4.78, 5) is 14.5. The maximum atomic E-state index is 12.4. The molecular formula is C17H25Cl2N5O. The molecule has 0 saturated carbocycles. The topological polar surface area (TPSA) is 76.2 Å². The molecule has 6 nitrogen and oxygen atoms in total. The lowest BCUT2D eigenvalue weighted by Gasteiger charge is -2.31. The van der Waals surface area contributed by atoms with Gasteiger partial charge in [0.2, 0.25) is 5.91 Å². The molecule has 138 valence electrons. The Hall–Kier alpha value is -1.92. The predicted molar refractivity (Wildman–Crippen MR) is 107 cm³/mol. The highest BCUT2D eigenvalue weighted by Crippen LogP contribution is 2.30. The smallest absolute Gasteiger partial charge is 0.245 e. The Morgan fingerprint density at radius 2 is 2.12 bits per heavy atom. The molecule has 0 spiro atoms. The Morgan fingerprint density at radius 3 is 2.88 bits per heavy atom. The van der Waals surface area contributed by atoms with Gasteiger partial charge < -0.3 is 16.0 Å². The zero-order valence-corrected chi connectivity index (χ0v) is 15.9. The first-order valence-electron chi connectivity index (χ1n) is 8.13. The number of halogens is 2. The van der Waals surface area contributed by atoms with E-state index in [0.717, 1.165) is 55.1 Å². The molecule has 25 heavy (non-hydrogen) atoms. The van der Waals surface area contributed by atoms with E-state index in [9.17, 15) is 4.79 Å². The van der Waals surface area contributed by atoms with E-state index in [1.807, 2.05) is 28.9 Å². The number of nitrogen functional groups attached to an aromatic ring is 1. The molecule has 1 aliphatic heterocycles. The first kappa shape index (κ1) is 21.1. The molecule has 0 radical (unpaired) electrons. The van der Waals surface area contributed by atoms with Gasteiger partial charge in [-0.3, -0.25) is 4.79 Å². The number of rotatable bonds is 5. The van der Waals surface area contributed by atoms with E-state index in [0.29, 0.717) is 6.54 Å². The number of hydrogen-bond acceptors (Lipinski definition) is 4. The van der Waals surface area contributed by atoms with Crippen LogP contribution in [0.2, 0.25) is 0 Å². The van der Waals surface area contributed by atoms with E-state index in [2.05, 4.69) is 22.2 Å². The molecule has 0 unspecified atom stereocenters. The number of hydrogen-bond donors (Lipinski definition) is 2. The summed E-state index contributed by atoms with van der Waals surface area (Å²) in [5.41, 5.74) is 9.10. The molecular weight excluding hydrogens is 361 g/mol. The second kappa shape index (κ2) is 9.53. The number of benzene rings is 1. The molecule has 0 fully saturated rings. The Kier molecular flexibility index (Phi) is 8.06. The molecule has 1 amide bonds. The fourth-order valence-corrected chi connectivity index (χ4v) is 3.08. The van der Waals surface area contributed by atoms with Crippen molar-refractivity contribution in [2.45, 2.75) is 32.7 Å². The van der Waals surface area contributed by atoms with Crippen molar-refractivity contribution in [2.24, 2.45) is 0 Å². The Bertz CT molecular complexity index is 704. The van der Waals surface area contributed by atoms with Gasteiger partial charge in [-0.15, -0.1) is 24.8 Å². The van der Waals surface area contributed by atoms with Crippen molar-refractivity contribution in [3.05, 3.63) is 36.0 Å². The number of aromatic nitrogens is 2. The Labute approximate surface area is 160 Å². The molecule has 1 aromatic carbocycles. The number of nitrogens with two attached hydrogens (primary N) is 1. The minimum atomic E-state index is -0.0295. The largest absolute Gasteiger partial charge is 0.398 e. The van der Waals surface area contributed by atoms with E-state index in [1.165, 1.54) is 0 Å². The molecule has 0 bridgehead atoms. The van der Waals surface area contributed by atoms with Crippen LogP contribution < -0.4 is 16.0 Å². The van der Waals surface area contributed by atoms with Gasteiger partial charge in [-0.1, -0.05) is 13.0 Å². The van der Waals surface area contributed by atoms with E-state index >= 15 is 0 Å². The van der Waals surface area contributed by atoms with Crippen LogP contribution in [0.4, 0.5) is 17.2 Å². The van der Waals surface area contributed by atoms with Crippen molar-refractivity contribution in [1.82, 2.24) is 9.78 Å². The van der Waals surface area contributed by atoms with Crippen LogP contribution in [0.3, 0.4) is 0 Å². The average Bonchev–Trinajstić information content (AvgIpc) is 2.96. The molecule has 8 heteroatoms. The Balaban J connectivity index is 0.00000156. The summed E-state index contributed by atoms with van der Waals surface area (Å²) >= 11 is 0. The third-order valence-corrected chi connectivity index (χ3v) is 4.14. The summed E-state index contributed by atoms with van der Waals surface area (Å²) in [6.45, 7) is 4.08. The van der Waals surface area contributed by atoms with Crippen molar-refractivity contribution in [3.8, 4) is 0 Å². The van der Waals surface area contributed by atoms with Crippen molar-refractivity contribution >= 4 is 47.9 Å². The fraction of sp³-hybridized carbons (Fsp3) is 0.412. The Morgan fingerprint density at radius 1 is 1.32 bits per heavy atom. The van der Waals surface area contributed by atoms with E-state index in [1.54, 1.807) is 6.20 Å². The van der Waals surface area contributed by atoms with Gasteiger partial charge in [-0.25, -0.2) is 4.68 Å². The van der Waals surface area contributed by atoms with Crippen LogP contribution in [0.25, 0.3) is 0 Å². The molecule has 1 aromatic heterocycles. The molecule has 1 aliphatic rings. The van der Waals surface area contributed by atoms with Crippen molar-refractivity contribution in [3.63, 3.8) is 0 Å². The molecule has 2 heterocycles. The number of carbonyl (C=O) groups excluding carboxylic acids is 1. The van der Waals surface area contributed by atoms with Gasteiger partial charge in [-0.05, 0) is 37.0 Å². The van der Waals surface area contributed by atoms with Crippen LogP contribution in [0.15, 0.2) is 30.5 Å². The lowest BCUT2D eigenvalue weighted by molar-refractivity contribution is -0.115. The maximum Gasteiger partial charge on any atom is 0.245 e. The van der Waals surface area contributed by atoms with Crippen LogP contribution in [0, 0.1) is 0 Å². The van der Waals surface area contributed by atoms with Crippen molar-refractivity contribution in [2.75, 3.05) is 29.0 Å². The molecule has 3 rings (SSSR count). The van der Waals surface area contributed by atoms with Gasteiger partial charge >= 0.3 is 0 Å². The highest BCUT2D eigenvalue weighted by atomic mass is 35.5. The molecule has 3 N–H and O–H groups in total. The fourth-order valence-electron chi connectivity index (χ4n) is 3.08. The van der Waals surface area contributed by atoms with Gasteiger partial charge in [0.25, 0.3) is 0 Å². The molecule has 2 aromatic rings. The zero-order chi connectivity index (χ0) is 16.2. The zero-order valence-electron chi connectivity index (χ0n) is 14.3. The maximum absolute atomic E-state index is 12.4. The van der Waals surface area contributed by atoms with Gasteiger partial charge in [0.15, 0.2) is 0 Å². The van der Waals surface area contributed by atoms with Crippen LogP contribution in [0.5, 0.6) is 0 Å². The number of carbonyl (C=O) groups is 1.